The lowest BCUT2D eigenvalue weighted by atomic mass is 9.70. The van der Waals surface area contributed by atoms with Gasteiger partial charge in [0.05, 0.1) is 6.04 Å². The van der Waals surface area contributed by atoms with Gasteiger partial charge in [0.15, 0.2) is 0 Å². The third-order valence-corrected chi connectivity index (χ3v) is 6.09. The summed E-state index contributed by atoms with van der Waals surface area (Å²) in [6.45, 7) is 8.28. The molecule has 1 aromatic carbocycles. The van der Waals surface area contributed by atoms with Gasteiger partial charge < -0.3 is 21.1 Å². The third-order valence-electron chi connectivity index (χ3n) is 6.09. The Bertz CT molecular complexity index is 722. The standard InChI is InChI=1S/C23H35N3O4/c1-14(2)18-11-10-15(3)12-19(18)22(28)24-13-20(17-8-6-5-7-9-17)26-21(27)16(4)25-23(29)30/h5-9,14-16,18-20,25H,10-13H2,1-4H3,(H,24,28)(H,26,27)(H,29,30)/t15-,16-,18+,19-,20-/m1/s1. The fraction of sp³-hybridized carbons (Fsp3) is 0.609. The average Bonchev–Trinajstić information content (AvgIpc) is 2.70. The molecule has 1 aromatic rings. The molecule has 0 radical (unpaired) electrons. The number of nitrogens with one attached hydrogen (secondary N) is 3. The van der Waals surface area contributed by atoms with Crippen LogP contribution in [0, 0.1) is 23.7 Å². The highest BCUT2D eigenvalue weighted by atomic mass is 16.4. The predicted molar refractivity (Wildman–Crippen MR) is 116 cm³/mol. The molecular weight excluding hydrogens is 382 g/mol. The number of carboxylic acid groups (broad SMARTS) is 1. The summed E-state index contributed by atoms with van der Waals surface area (Å²) in [5.74, 6) is 0.919. The number of carbonyl (C=O) groups is 3. The van der Waals surface area contributed by atoms with E-state index in [0.29, 0.717) is 17.8 Å². The van der Waals surface area contributed by atoms with Gasteiger partial charge in [-0.15, -0.1) is 0 Å². The van der Waals surface area contributed by atoms with Crippen LogP contribution >= 0.6 is 0 Å². The molecule has 1 aliphatic carbocycles. The second-order valence-electron chi connectivity index (χ2n) is 8.82. The maximum Gasteiger partial charge on any atom is 0.405 e. The third kappa shape index (κ3) is 6.75. The van der Waals surface area contributed by atoms with Crippen LogP contribution in [0.15, 0.2) is 30.3 Å². The Morgan fingerprint density at radius 1 is 1.07 bits per heavy atom. The van der Waals surface area contributed by atoms with E-state index in [1.165, 1.54) is 6.92 Å². The molecule has 1 fully saturated rings. The second-order valence-corrected chi connectivity index (χ2v) is 8.82. The van der Waals surface area contributed by atoms with E-state index in [9.17, 15) is 14.4 Å². The molecule has 0 unspecified atom stereocenters. The van der Waals surface area contributed by atoms with Crippen LogP contribution in [-0.2, 0) is 9.59 Å². The van der Waals surface area contributed by atoms with Crippen molar-refractivity contribution in [1.29, 1.82) is 0 Å². The lowest BCUT2D eigenvalue weighted by Gasteiger charge is -2.36. The highest BCUT2D eigenvalue weighted by molar-refractivity contribution is 5.85. The van der Waals surface area contributed by atoms with Crippen LogP contribution in [0.4, 0.5) is 4.79 Å². The molecule has 0 aliphatic heterocycles. The second kappa shape index (κ2) is 11.0. The number of amides is 3. The Morgan fingerprint density at radius 2 is 1.73 bits per heavy atom. The maximum absolute atomic E-state index is 13.0. The first-order valence-corrected chi connectivity index (χ1v) is 10.8. The molecule has 4 N–H and O–H groups in total. The maximum atomic E-state index is 13.0. The highest BCUT2D eigenvalue weighted by Gasteiger charge is 2.35. The number of carbonyl (C=O) groups excluding carboxylic acids is 2. The van der Waals surface area contributed by atoms with Crippen LogP contribution in [0.3, 0.4) is 0 Å². The van der Waals surface area contributed by atoms with Crippen LogP contribution in [-0.4, -0.2) is 35.6 Å². The van der Waals surface area contributed by atoms with Gasteiger partial charge in [0, 0.05) is 12.5 Å². The Labute approximate surface area is 179 Å². The smallest absolute Gasteiger partial charge is 0.405 e. The zero-order valence-electron chi connectivity index (χ0n) is 18.4. The predicted octanol–water partition coefficient (Wildman–Crippen LogP) is 3.32. The first-order chi connectivity index (χ1) is 14.2. The van der Waals surface area contributed by atoms with Gasteiger partial charge in [-0.05, 0) is 43.1 Å². The average molecular weight is 418 g/mol. The van der Waals surface area contributed by atoms with Gasteiger partial charge in [-0.1, -0.05) is 57.5 Å². The molecule has 7 heteroatoms. The number of hydrogen-bond donors (Lipinski definition) is 4. The molecular formula is C23H35N3O4. The van der Waals surface area contributed by atoms with Crippen molar-refractivity contribution in [3.8, 4) is 0 Å². The van der Waals surface area contributed by atoms with E-state index in [4.69, 9.17) is 5.11 Å². The molecule has 5 atom stereocenters. The molecule has 0 aromatic heterocycles. The van der Waals surface area contributed by atoms with E-state index in [0.717, 1.165) is 24.8 Å². The molecule has 7 nitrogen and oxygen atoms in total. The quantitative estimate of drug-likeness (QED) is 0.520. The minimum atomic E-state index is -1.26. The lowest BCUT2D eigenvalue weighted by Crippen LogP contribution is -2.48. The van der Waals surface area contributed by atoms with Crippen molar-refractivity contribution in [2.45, 2.75) is 59.0 Å². The van der Waals surface area contributed by atoms with Crippen molar-refractivity contribution in [3.05, 3.63) is 35.9 Å². The topological polar surface area (TPSA) is 108 Å². The summed E-state index contributed by atoms with van der Waals surface area (Å²) in [5, 5.41) is 16.9. The van der Waals surface area contributed by atoms with Crippen LogP contribution < -0.4 is 16.0 Å². The molecule has 166 valence electrons. The molecule has 0 saturated heterocycles. The fourth-order valence-corrected chi connectivity index (χ4v) is 4.32. The minimum Gasteiger partial charge on any atom is -0.465 e. The van der Waals surface area contributed by atoms with E-state index < -0.39 is 24.1 Å². The lowest BCUT2D eigenvalue weighted by molar-refractivity contribution is -0.130. The van der Waals surface area contributed by atoms with Crippen molar-refractivity contribution in [2.75, 3.05) is 6.54 Å². The van der Waals surface area contributed by atoms with Crippen molar-refractivity contribution >= 4 is 17.9 Å². The van der Waals surface area contributed by atoms with Crippen LogP contribution in [0.5, 0.6) is 0 Å². The van der Waals surface area contributed by atoms with Gasteiger partial charge in [0.25, 0.3) is 0 Å². The summed E-state index contributed by atoms with van der Waals surface area (Å²) in [5.41, 5.74) is 0.853. The number of rotatable bonds is 8. The van der Waals surface area contributed by atoms with Gasteiger partial charge in [0.2, 0.25) is 11.8 Å². The molecule has 0 heterocycles. The Kier molecular flexibility index (Phi) is 8.69. The van der Waals surface area contributed by atoms with E-state index in [1.807, 2.05) is 30.3 Å². The normalized spacial score (nSPS) is 23.3. The van der Waals surface area contributed by atoms with E-state index in [2.05, 4.69) is 36.7 Å². The summed E-state index contributed by atoms with van der Waals surface area (Å²) >= 11 is 0. The zero-order chi connectivity index (χ0) is 22.3. The largest absolute Gasteiger partial charge is 0.465 e. The van der Waals surface area contributed by atoms with Gasteiger partial charge >= 0.3 is 6.09 Å². The minimum absolute atomic E-state index is 0.0199. The van der Waals surface area contributed by atoms with Crippen LogP contribution in [0.2, 0.25) is 0 Å². The molecule has 0 bridgehead atoms. The molecule has 1 saturated carbocycles. The van der Waals surface area contributed by atoms with Gasteiger partial charge in [-0.2, -0.15) is 0 Å². The first kappa shape index (κ1) is 23.7. The summed E-state index contributed by atoms with van der Waals surface area (Å²) in [6, 6.07) is 8.04. The van der Waals surface area contributed by atoms with Crippen LogP contribution in [0.25, 0.3) is 0 Å². The SMILES string of the molecule is CC(C)[C@@H]1CC[C@@H](C)C[C@H]1C(=O)NC[C@@H](NC(=O)[C@@H](C)NC(=O)O)c1ccccc1. The van der Waals surface area contributed by atoms with Crippen molar-refractivity contribution < 1.29 is 19.5 Å². The molecule has 30 heavy (non-hydrogen) atoms. The van der Waals surface area contributed by atoms with E-state index in [1.54, 1.807) is 0 Å². The fourth-order valence-electron chi connectivity index (χ4n) is 4.32. The van der Waals surface area contributed by atoms with Gasteiger partial charge in [-0.3, -0.25) is 9.59 Å². The highest BCUT2D eigenvalue weighted by Crippen LogP contribution is 2.38. The molecule has 3 amide bonds. The summed E-state index contributed by atoms with van der Waals surface area (Å²) < 4.78 is 0. The van der Waals surface area contributed by atoms with Gasteiger partial charge in [-0.25, -0.2) is 4.79 Å². The Balaban J connectivity index is 2.07. The first-order valence-electron chi connectivity index (χ1n) is 10.8. The van der Waals surface area contributed by atoms with E-state index in [-0.39, 0.29) is 18.4 Å². The van der Waals surface area contributed by atoms with E-state index >= 15 is 0 Å². The van der Waals surface area contributed by atoms with Gasteiger partial charge in [0.1, 0.15) is 6.04 Å². The summed E-state index contributed by atoms with van der Waals surface area (Å²) in [7, 11) is 0. The molecule has 1 aliphatic rings. The molecule has 2 rings (SSSR count). The summed E-state index contributed by atoms with van der Waals surface area (Å²) in [4.78, 5) is 36.3. The number of hydrogen-bond acceptors (Lipinski definition) is 3. The monoisotopic (exact) mass is 417 g/mol. The van der Waals surface area contributed by atoms with Crippen molar-refractivity contribution in [2.24, 2.45) is 23.7 Å². The number of benzene rings is 1. The Morgan fingerprint density at radius 3 is 2.33 bits per heavy atom. The molecule has 0 spiro atoms. The Hall–Kier alpha value is -2.57. The van der Waals surface area contributed by atoms with Crippen molar-refractivity contribution in [3.63, 3.8) is 0 Å². The van der Waals surface area contributed by atoms with Crippen molar-refractivity contribution in [1.82, 2.24) is 16.0 Å². The van der Waals surface area contributed by atoms with Crippen LogP contribution in [0.1, 0.15) is 58.6 Å². The zero-order valence-corrected chi connectivity index (χ0v) is 18.4. The summed E-state index contributed by atoms with van der Waals surface area (Å²) in [6.07, 6.45) is 1.85.